The van der Waals surface area contributed by atoms with E-state index in [1.807, 2.05) is 52.0 Å². The van der Waals surface area contributed by atoms with Gasteiger partial charge in [0.25, 0.3) is 12.9 Å². The smallest absolute Gasteiger partial charge is 0.293 e. The number of aromatic amines is 2. The van der Waals surface area contributed by atoms with Crippen molar-refractivity contribution in [3.63, 3.8) is 0 Å². The molecule has 0 radical (unpaired) electrons. The van der Waals surface area contributed by atoms with Crippen LogP contribution in [0.1, 0.15) is 78.8 Å². The maximum Gasteiger partial charge on any atom is 0.293 e. The monoisotopic (exact) mass is 570 g/mol. The third kappa shape index (κ3) is 5.03. The number of aryl methyl sites for hydroxylation is 2. The molecule has 0 aromatic carbocycles. The molecule has 2 atom stereocenters. The fraction of sp³-hybridized carbons (Fsp3) is 0.312. The van der Waals surface area contributed by atoms with Gasteiger partial charge in [-0.05, 0) is 88.1 Å². The van der Waals surface area contributed by atoms with Gasteiger partial charge < -0.3 is 29.7 Å². The van der Waals surface area contributed by atoms with E-state index in [0.29, 0.717) is 52.3 Å². The SMILES string of the molecule is CC1=C(COC=O)c2cc3[nH]c(cc4nc(cc5[nH]c(cc1n2)c(C)c5C(C)O)C(C)=C4C(C)O)c(C)c3COC=O. The molecule has 0 saturated carbocycles. The number of hydrogen-bond acceptors (Lipinski definition) is 8. The Morgan fingerprint density at radius 2 is 1.26 bits per heavy atom. The van der Waals surface area contributed by atoms with E-state index in [1.54, 1.807) is 13.8 Å². The quantitative estimate of drug-likeness (QED) is 0.274. The van der Waals surface area contributed by atoms with Crippen molar-refractivity contribution >= 4 is 57.3 Å². The van der Waals surface area contributed by atoms with E-state index in [9.17, 15) is 19.8 Å². The number of ether oxygens (including phenoxy) is 2. The van der Waals surface area contributed by atoms with Crippen LogP contribution < -0.4 is 0 Å². The Morgan fingerprint density at radius 3 is 1.93 bits per heavy atom. The van der Waals surface area contributed by atoms with Gasteiger partial charge in [-0.3, -0.25) is 9.59 Å². The van der Waals surface area contributed by atoms with Crippen LogP contribution in [0.25, 0.3) is 44.4 Å². The van der Waals surface area contributed by atoms with Crippen LogP contribution in [0.5, 0.6) is 0 Å². The summed E-state index contributed by atoms with van der Waals surface area (Å²) in [6.07, 6.45) is -1.54. The topological polar surface area (TPSA) is 150 Å². The van der Waals surface area contributed by atoms with Crippen molar-refractivity contribution in [1.29, 1.82) is 0 Å². The van der Waals surface area contributed by atoms with Crippen LogP contribution in [-0.2, 0) is 25.7 Å². The molecular formula is C32H34N4O6. The molecule has 0 fully saturated rings. The number of allylic oxidation sites excluding steroid dienone is 2. The number of carbonyl (C=O) groups excluding carboxylic acids is 2. The third-order valence-electron chi connectivity index (χ3n) is 8.06. The van der Waals surface area contributed by atoms with Gasteiger partial charge in [-0.1, -0.05) is 0 Å². The maximum absolute atomic E-state index is 11.1. The molecule has 42 heavy (non-hydrogen) atoms. The molecule has 2 aliphatic heterocycles. The predicted octanol–water partition coefficient (Wildman–Crippen LogP) is 5.07. The van der Waals surface area contributed by atoms with Crippen molar-refractivity contribution in [1.82, 2.24) is 19.9 Å². The number of aromatic nitrogens is 4. The van der Waals surface area contributed by atoms with Crippen LogP contribution in [-0.4, -0.2) is 55.8 Å². The van der Waals surface area contributed by atoms with Gasteiger partial charge in [0.05, 0.1) is 35.0 Å². The van der Waals surface area contributed by atoms with Gasteiger partial charge in [0.2, 0.25) is 0 Å². The molecule has 2 aliphatic rings. The zero-order valence-corrected chi connectivity index (χ0v) is 24.5. The lowest BCUT2D eigenvalue weighted by Crippen LogP contribution is -2.02. The highest BCUT2D eigenvalue weighted by Crippen LogP contribution is 2.36. The summed E-state index contributed by atoms with van der Waals surface area (Å²) in [4.78, 5) is 38.9. The number of H-pyrrole nitrogens is 2. The minimum atomic E-state index is -0.785. The summed E-state index contributed by atoms with van der Waals surface area (Å²) in [5.74, 6) is 0. The Bertz CT molecular complexity index is 1820. The number of carbonyl (C=O) groups is 2. The Kier molecular flexibility index (Phi) is 7.85. The minimum Gasteiger partial charge on any atom is -0.463 e. The van der Waals surface area contributed by atoms with Crippen LogP contribution in [0.15, 0.2) is 24.3 Å². The van der Waals surface area contributed by atoms with Crippen molar-refractivity contribution in [2.24, 2.45) is 0 Å². The molecule has 0 aliphatic carbocycles. The fourth-order valence-corrected chi connectivity index (χ4v) is 5.82. The second kappa shape index (κ2) is 11.4. The first kappa shape index (κ1) is 29.0. The van der Waals surface area contributed by atoms with E-state index in [4.69, 9.17) is 19.4 Å². The number of fused-ring (bicyclic) bond motifs is 8. The first-order valence-electron chi connectivity index (χ1n) is 13.7. The number of nitrogens with one attached hydrogen (secondary N) is 2. The second-order valence-electron chi connectivity index (χ2n) is 10.7. The van der Waals surface area contributed by atoms with Crippen LogP contribution >= 0.6 is 0 Å². The zero-order valence-electron chi connectivity index (χ0n) is 24.5. The second-order valence-corrected chi connectivity index (χ2v) is 10.7. The molecule has 0 spiro atoms. The Morgan fingerprint density at radius 1 is 0.714 bits per heavy atom. The van der Waals surface area contributed by atoms with Gasteiger partial charge in [0, 0.05) is 44.3 Å². The minimum absolute atomic E-state index is 0.0272. The highest BCUT2D eigenvalue weighted by atomic mass is 16.5. The number of aliphatic hydroxyl groups excluding tert-OH is 2. The standard InChI is InChI=1S/C32H34N4O6/c1-15-21(11-41-13-37)27-10-28-22(12-42-14-38)16(2)24(34-28)8-29-32(20(6)40)18(4)26(36-29)9-30-31(19(5)39)17(3)25(35-30)7-23(15)33-27/h7-10,13-14,19-20,34-35,39-40H,11-12H2,1-6H3. The van der Waals surface area contributed by atoms with E-state index < -0.39 is 12.2 Å². The number of hydrogen-bond donors (Lipinski definition) is 4. The van der Waals surface area contributed by atoms with Gasteiger partial charge >= 0.3 is 0 Å². The largest absolute Gasteiger partial charge is 0.463 e. The van der Waals surface area contributed by atoms with Crippen molar-refractivity contribution in [2.45, 2.75) is 60.4 Å². The lowest BCUT2D eigenvalue weighted by molar-refractivity contribution is -0.130. The summed E-state index contributed by atoms with van der Waals surface area (Å²) in [6.45, 7) is 12.0. The molecule has 0 amide bonds. The normalized spacial score (nSPS) is 14.7. The van der Waals surface area contributed by atoms with Gasteiger partial charge in [-0.15, -0.1) is 0 Å². The summed E-state index contributed by atoms with van der Waals surface area (Å²) < 4.78 is 10.3. The molecule has 10 heteroatoms. The van der Waals surface area contributed by atoms with Crippen molar-refractivity contribution in [3.05, 3.63) is 69.3 Å². The van der Waals surface area contributed by atoms with Crippen LogP contribution in [0.3, 0.4) is 0 Å². The van der Waals surface area contributed by atoms with Crippen LogP contribution in [0.4, 0.5) is 0 Å². The van der Waals surface area contributed by atoms with E-state index in [2.05, 4.69) is 9.97 Å². The van der Waals surface area contributed by atoms with E-state index in [1.165, 1.54) is 0 Å². The van der Waals surface area contributed by atoms with Crippen molar-refractivity contribution in [3.8, 4) is 0 Å². The van der Waals surface area contributed by atoms with Gasteiger partial charge in [-0.25, -0.2) is 9.97 Å². The summed E-state index contributed by atoms with van der Waals surface area (Å²) in [6, 6.07) is 7.52. The summed E-state index contributed by atoms with van der Waals surface area (Å²) >= 11 is 0. The van der Waals surface area contributed by atoms with Crippen molar-refractivity contribution in [2.75, 3.05) is 6.61 Å². The van der Waals surface area contributed by atoms with Crippen LogP contribution in [0.2, 0.25) is 0 Å². The van der Waals surface area contributed by atoms with Gasteiger partial charge in [0.15, 0.2) is 0 Å². The molecule has 3 aromatic rings. The van der Waals surface area contributed by atoms with E-state index >= 15 is 0 Å². The fourth-order valence-electron chi connectivity index (χ4n) is 5.82. The highest BCUT2D eigenvalue weighted by Gasteiger charge is 2.23. The summed E-state index contributed by atoms with van der Waals surface area (Å²) in [5.41, 5.74) is 11.7. The first-order valence-corrected chi connectivity index (χ1v) is 13.7. The summed E-state index contributed by atoms with van der Waals surface area (Å²) in [5, 5.41) is 21.5. The molecule has 5 rings (SSSR count). The Balaban J connectivity index is 1.97. The average Bonchev–Trinajstić information content (AvgIpc) is 3.60. The van der Waals surface area contributed by atoms with Crippen LogP contribution in [0, 0.1) is 13.8 Å². The molecule has 218 valence electrons. The highest BCUT2D eigenvalue weighted by molar-refractivity contribution is 5.96. The third-order valence-corrected chi connectivity index (χ3v) is 8.06. The number of rotatable bonds is 8. The van der Waals surface area contributed by atoms with Gasteiger partial charge in [-0.2, -0.15) is 0 Å². The molecule has 10 nitrogen and oxygen atoms in total. The van der Waals surface area contributed by atoms with E-state index in [0.717, 1.165) is 50.0 Å². The first-order chi connectivity index (χ1) is 20.0. The zero-order chi connectivity index (χ0) is 30.3. The molecular weight excluding hydrogens is 536 g/mol. The number of aliphatic hydroxyl groups is 2. The molecule has 8 bridgehead atoms. The van der Waals surface area contributed by atoms with Crippen molar-refractivity contribution < 1.29 is 29.3 Å². The predicted molar refractivity (Wildman–Crippen MR) is 161 cm³/mol. The summed E-state index contributed by atoms with van der Waals surface area (Å²) in [7, 11) is 0. The molecule has 4 N–H and O–H groups in total. The molecule has 2 unspecified atom stereocenters. The maximum atomic E-state index is 11.1. The average molecular weight is 571 g/mol. The lowest BCUT2D eigenvalue weighted by atomic mass is 10.0. The molecule has 3 aromatic heterocycles. The Hall–Kier alpha value is -4.54. The Labute approximate surface area is 242 Å². The number of nitrogens with zero attached hydrogens (tertiary/aromatic N) is 2. The van der Waals surface area contributed by atoms with E-state index in [-0.39, 0.29) is 13.2 Å². The lowest BCUT2D eigenvalue weighted by Gasteiger charge is -2.07. The molecule has 5 heterocycles. The van der Waals surface area contributed by atoms with Gasteiger partial charge in [0.1, 0.15) is 13.2 Å². The molecule has 0 saturated heterocycles.